The minimum absolute atomic E-state index is 0.293. The van der Waals surface area contributed by atoms with Crippen LogP contribution in [-0.2, 0) is 14.2 Å². The van der Waals surface area contributed by atoms with Gasteiger partial charge in [0.25, 0.3) is 0 Å². The van der Waals surface area contributed by atoms with E-state index in [1.165, 1.54) is 0 Å². The summed E-state index contributed by atoms with van der Waals surface area (Å²) in [7, 11) is 0. The molecule has 3 N–H and O–H groups in total. The Labute approximate surface area is 192 Å². The zero-order valence-corrected chi connectivity index (χ0v) is 20.0. The number of guanidine groups is 1. The molecule has 2 unspecified atom stereocenters. The van der Waals surface area contributed by atoms with E-state index in [4.69, 9.17) is 14.2 Å². The third-order valence-electron chi connectivity index (χ3n) is 4.80. The van der Waals surface area contributed by atoms with Crippen LogP contribution in [0.3, 0.4) is 0 Å². The van der Waals surface area contributed by atoms with Crippen molar-refractivity contribution in [2.75, 3.05) is 46.1 Å². The SMILES string of the molecule is CCNC(=NCC(NC(=O)OC(C)(C)C)c1ccccc1)NCCCOCC1CCOC1. The van der Waals surface area contributed by atoms with Crippen molar-refractivity contribution in [1.82, 2.24) is 16.0 Å². The molecule has 1 aromatic rings. The van der Waals surface area contributed by atoms with E-state index in [1.54, 1.807) is 0 Å². The summed E-state index contributed by atoms with van der Waals surface area (Å²) in [5.74, 6) is 1.25. The number of amides is 1. The van der Waals surface area contributed by atoms with Crippen LogP contribution in [0.5, 0.6) is 0 Å². The van der Waals surface area contributed by atoms with Crippen molar-refractivity contribution in [3.63, 3.8) is 0 Å². The molecule has 1 aliphatic rings. The molecule has 1 heterocycles. The maximum atomic E-state index is 12.3. The minimum atomic E-state index is -0.558. The molecule has 8 nitrogen and oxygen atoms in total. The van der Waals surface area contributed by atoms with E-state index in [-0.39, 0.29) is 6.04 Å². The summed E-state index contributed by atoms with van der Waals surface area (Å²) in [6, 6.07) is 9.51. The second kappa shape index (κ2) is 14.0. The zero-order valence-electron chi connectivity index (χ0n) is 20.0. The van der Waals surface area contributed by atoms with Crippen LogP contribution in [0.15, 0.2) is 35.3 Å². The lowest BCUT2D eigenvalue weighted by atomic mass is 10.1. The maximum Gasteiger partial charge on any atom is 0.408 e. The van der Waals surface area contributed by atoms with Gasteiger partial charge in [-0.3, -0.25) is 4.99 Å². The fourth-order valence-corrected chi connectivity index (χ4v) is 3.24. The van der Waals surface area contributed by atoms with E-state index >= 15 is 0 Å². The predicted octanol–water partition coefficient (Wildman–Crippen LogP) is 3.25. The number of carbonyl (C=O) groups is 1. The van der Waals surface area contributed by atoms with Gasteiger partial charge < -0.3 is 30.2 Å². The molecule has 32 heavy (non-hydrogen) atoms. The van der Waals surface area contributed by atoms with Gasteiger partial charge in [-0.1, -0.05) is 30.3 Å². The van der Waals surface area contributed by atoms with Crippen LogP contribution in [0.1, 0.15) is 52.1 Å². The van der Waals surface area contributed by atoms with Crippen molar-refractivity contribution in [2.45, 2.75) is 52.2 Å². The van der Waals surface area contributed by atoms with Crippen LogP contribution < -0.4 is 16.0 Å². The van der Waals surface area contributed by atoms with Crippen molar-refractivity contribution in [2.24, 2.45) is 10.9 Å². The molecule has 0 saturated carbocycles. The van der Waals surface area contributed by atoms with Gasteiger partial charge in [0.15, 0.2) is 5.96 Å². The molecular weight excluding hydrogens is 408 g/mol. The van der Waals surface area contributed by atoms with Crippen LogP contribution in [-0.4, -0.2) is 63.7 Å². The van der Waals surface area contributed by atoms with Crippen LogP contribution in [0.2, 0.25) is 0 Å². The fourth-order valence-electron chi connectivity index (χ4n) is 3.24. The Kier molecular flexibility index (Phi) is 11.3. The molecule has 1 aliphatic heterocycles. The molecule has 0 aliphatic carbocycles. The molecule has 0 bridgehead atoms. The van der Waals surface area contributed by atoms with Gasteiger partial charge in [0, 0.05) is 32.2 Å². The van der Waals surface area contributed by atoms with Crippen molar-refractivity contribution in [3.8, 4) is 0 Å². The summed E-state index contributed by atoms with van der Waals surface area (Å²) in [5, 5.41) is 9.54. The van der Waals surface area contributed by atoms with Gasteiger partial charge in [0.05, 0.1) is 25.8 Å². The number of rotatable bonds is 11. The van der Waals surface area contributed by atoms with E-state index in [0.717, 1.165) is 51.3 Å². The first kappa shape index (κ1) is 25.9. The molecule has 0 radical (unpaired) electrons. The number of ether oxygens (including phenoxy) is 3. The highest BCUT2D eigenvalue weighted by Gasteiger charge is 2.20. The number of benzene rings is 1. The van der Waals surface area contributed by atoms with Gasteiger partial charge >= 0.3 is 6.09 Å². The van der Waals surface area contributed by atoms with Gasteiger partial charge in [-0.15, -0.1) is 0 Å². The van der Waals surface area contributed by atoms with Gasteiger partial charge in [-0.25, -0.2) is 4.79 Å². The quantitative estimate of drug-likeness (QED) is 0.273. The summed E-state index contributed by atoms with van der Waals surface area (Å²) in [5.41, 5.74) is 0.417. The van der Waals surface area contributed by atoms with E-state index < -0.39 is 11.7 Å². The summed E-state index contributed by atoms with van der Waals surface area (Å²) < 4.78 is 16.6. The van der Waals surface area contributed by atoms with Crippen molar-refractivity contribution in [1.29, 1.82) is 0 Å². The highest BCUT2D eigenvalue weighted by atomic mass is 16.6. The Morgan fingerprint density at radius 2 is 2.03 bits per heavy atom. The molecule has 1 amide bonds. The third kappa shape index (κ3) is 10.8. The average molecular weight is 449 g/mol. The number of hydrogen-bond acceptors (Lipinski definition) is 5. The van der Waals surface area contributed by atoms with Crippen molar-refractivity contribution in [3.05, 3.63) is 35.9 Å². The van der Waals surface area contributed by atoms with Crippen molar-refractivity contribution < 1.29 is 19.0 Å². The summed E-state index contributed by atoms with van der Waals surface area (Å²) in [6.45, 7) is 12.6. The number of nitrogens with zero attached hydrogens (tertiary/aromatic N) is 1. The molecule has 1 aromatic carbocycles. The Morgan fingerprint density at radius 3 is 2.69 bits per heavy atom. The number of hydrogen-bond donors (Lipinski definition) is 3. The summed E-state index contributed by atoms with van der Waals surface area (Å²) in [6.07, 6.45) is 1.52. The second-order valence-electron chi connectivity index (χ2n) is 8.91. The van der Waals surface area contributed by atoms with Gasteiger partial charge in [0.1, 0.15) is 5.60 Å². The van der Waals surface area contributed by atoms with Crippen molar-refractivity contribution >= 4 is 12.1 Å². The molecule has 8 heteroatoms. The molecule has 1 fully saturated rings. The van der Waals surface area contributed by atoms with E-state index in [1.807, 2.05) is 58.0 Å². The Balaban J connectivity index is 1.85. The summed E-state index contributed by atoms with van der Waals surface area (Å²) in [4.78, 5) is 17.0. The Hall–Kier alpha value is -2.32. The molecule has 2 rings (SSSR count). The standard InChI is InChI=1S/C24H40N4O4/c1-5-25-22(26-13-9-14-30-17-19-12-15-31-18-19)27-16-21(20-10-7-6-8-11-20)28-23(29)32-24(2,3)4/h6-8,10-11,19,21H,5,9,12-18H2,1-4H3,(H,28,29)(H2,25,26,27). The summed E-state index contributed by atoms with van der Waals surface area (Å²) >= 11 is 0. The molecule has 180 valence electrons. The normalized spacial score (nSPS) is 17.6. The molecular formula is C24H40N4O4. The average Bonchev–Trinajstić information content (AvgIpc) is 3.26. The topological polar surface area (TPSA) is 93.2 Å². The largest absolute Gasteiger partial charge is 0.444 e. The van der Waals surface area contributed by atoms with Gasteiger partial charge in [-0.2, -0.15) is 0 Å². The lowest BCUT2D eigenvalue weighted by molar-refractivity contribution is 0.0505. The van der Waals surface area contributed by atoms with E-state index in [2.05, 4.69) is 20.9 Å². The van der Waals surface area contributed by atoms with Crippen LogP contribution in [0.25, 0.3) is 0 Å². The first-order valence-electron chi connectivity index (χ1n) is 11.6. The molecule has 0 aromatic heterocycles. The Bertz CT molecular complexity index is 685. The van der Waals surface area contributed by atoms with Crippen LogP contribution in [0.4, 0.5) is 4.79 Å². The number of carbonyl (C=O) groups excluding carboxylic acids is 1. The molecule has 0 spiro atoms. The maximum absolute atomic E-state index is 12.3. The number of aliphatic imine (C=N–C) groups is 1. The molecule has 1 saturated heterocycles. The first-order chi connectivity index (χ1) is 15.4. The smallest absolute Gasteiger partial charge is 0.408 e. The van der Waals surface area contributed by atoms with E-state index in [0.29, 0.717) is 25.0 Å². The van der Waals surface area contributed by atoms with Crippen LogP contribution in [0, 0.1) is 5.92 Å². The lowest BCUT2D eigenvalue weighted by Gasteiger charge is -2.23. The number of nitrogens with one attached hydrogen (secondary N) is 3. The zero-order chi connectivity index (χ0) is 23.2. The van der Waals surface area contributed by atoms with Gasteiger partial charge in [0.2, 0.25) is 0 Å². The third-order valence-corrected chi connectivity index (χ3v) is 4.80. The second-order valence-corrected chi connectivity index (χ2v) is 8.91. The van der Waals surface area contributed by atoms with Crippen LogP contribution >= 0.6 is 0 Å². The Morgan fingerprint density at radius 1 is 1.25 bits per heavy atom. The molecule has 2 atom stereocenters. The minimum Gasteiger partial charge on any atom is -0.444 e. The first-order valence-corrected chi connectivity index (χ1v) is 11.6. The van der Waals surface area contributed by atoms with Gasteiger partial charge in [-0.05, 0) is 46.1 Å². The van der Waals surface area contributed by atoms with E-state index in [9.17, 15) is 4.79 Å². The predicted molar refractivity (Wildman–Crippen MR) is 127 cm³/mol. The fraction of sp³-hybridized carbons (Fsp3) is 0.667. The highest BCUT2D eigenvalue weighted by molar-refractivity contribution is 5.79. The lowest BCUT2D eigenvalue weighted by Crippen LogP contribution is -2.40. The highest BCUT2D eigenvalue weighted by Crippen LogP contribution is 2.15. The monoisotopic (exact) mass is 448 g/mol. The number of alkyl carbamates (subject to hydrolysis) is 1.